The number of nitrogens with zero attached hydrogens (tertiary/aromatic N) is 1. The summed E-state index contributed by atoms with van der Waals surface area (Å²) in [7, 11) is 0. The third-order valence-electron chi connectivity index (χ3n) is 2.12. The first-order valence-electron chi connectivity index (χ1n) is 5.56. The maximum atomic E-state index is 12.6. The zero-order chi connectivity index (χ0) is 16.1. The highest BCUT2D eigenvalue weighted by molar-refractivity contribution is 7.99. The van der Waals surface area contributed by atoms with Crippen LogP contribution in [0.3, 0.4) is 0 Å². The van der Waals surface area contributed by atoms with Crippen molar-refractivity contribution in [3.63, 3.8) is 0 Å². The molecule has 0 radical (unpaired) electrons. The van der Waals surface area contributed by atoms with Gasteiger partial charge in [-0.2, -0.15) is 38.1 Å². The lowest BCUT2D eigenvalue weighted by molar-refractivity contribution is -0.141. The molecular weight excluding hydrogens is 322 g/mol. The van der Waals surface area contributed by atoms with E-state index in [4.69, 9.17) is 0 Å². The Balaban J connectivity index is 2.54. The van der Waals surface area contributed by atoms with E-state index in [0.717, 1.165) is 12.3 Å². The first kappa shape index (κ1) is 17.6. The minimum Gasteiger partial charge on any atom is -0.351 e. The highest BCUT2D eigenvalue weighted by Gasteiger charge is 2.36. The van der Waals surface area contributed by atoms with Crippen LogP contribution in [-0.4, -0.2) is 35.1 Å². The van der Waals surface area contributed by atoms with Gasteiger partial charge in [0.15, 0.2) is 5.69 Å². The molecule has 0 aliphatic carbocycles. The Morgan fingerprint density at radius 1 is 1.24 bits per heavy atom. The fourth-order valence-corrected chi connectivity index (χ4v) is 1.96. The van der Waals surface area contributed by atoms with Gasteiger partial charge in [-0.25, -0.2) is 0 Å². The van der Waals surface area contributed by atoms with E-state index in [1.165, 1.54) is 6.07 Å². The molecule has 1 N–H and O–H groups in total. The topological polar surface area (TPSA) is 42.0 Å². The SMILES string of the molecule is O=C(NCCSCC(F)(F)F)c1cccnc1C(F)(F)F. The molecule has 0 spiro atoms. The summed E-state index contributed by atoms with van der Waals surface area (Å²) in [6, 6.07) is 2.12. The number of alkyl halides is 6. The fourth-order valence-electron chi connectivity index (χ4n) is 1.33. The third-order valence-corrected chi connectivity index (χ3v) is 3.14. The molecule has 0 bridgehead atoms. The van der Waals surface area contributed by atoms with Gasteiger partial charge in [0, 0.05) is 18.5 Å². The second-order valence-corrected chi connectivity index (χ2v) is 4.93. The van der Waals surface area contributed by atoms with Crippen LogP contribution in [0.15, 0.2) is 18.3 Å². The summed E-state index contributed by atoms with van der Waals surface area (Å²) < 4.78 is 73.4. The van der Waals surface area contributed by atoms with E-state index >= 15 is 0 Å². The Morgan fingerprint density at radius 2 is 1.90 bits per heavy atom. The summed E-state index contributed by atoms with van der Waals surface area (Å²) in [6.07, 6.45) is -8.20. The zero-order valence-electron chi connectivity index (χ0n) is 10.4. The van der Waals surface area contributed by atoms with Crippen molar-refractivity contribution < 1.29 is 31.1 Å². The molecule has 0 aliphatic heterocycles. The van der Waals surface area contributed by atoms with Crippen LogP contribution in [0.25, 0.3) is 0 Å². The molecule has 0 saturated carbocycles. The predicted molar refractivity (Wildman–Crippen MR) is 65.0 cm³/mol. The number of carbonyl (C=O) groups is 1. The zero-order valence-corrected chi connectivity index (χ0v) is 11.2. The molecule has 3 nitrogen and oxygen atoms in total. The highest BCUT2D eigenvalue weighted by atomic mass is 32.2. The van der Waals surface area contributed by atoms with Crippen molar-refractivity contribution in [1.29, 1.82) is 0 Å². The van der Waals surface area contributed by atoms with Gasteiger partial charge in [0.05, 0.1) is 11.3 Å². The van der Waals surface area contributed by atoms with Crippen molar-refractivity contribution in [2.24, 2.45) is 0 Å². The number of carbonyl (C=O) groups excluding carboxylic acids is 1. The average Bonchev–Trinajstić information content (AvgIpc) is 2.35. The molecule has 0 aliphatic rings. The van der Waals surface area contributed by atoms with Crippen LogP contribution < -0.4 is 5.32 Å². The van der Waals surface area contributed by atoms with Gasteiger partial charge in [0.25, 0.3) is 5.91 Å². The van der Waals surface area contributed by atoms with E-state index in [0.29, 0.717) is 11.8 Å². The quantitative estimate of drug-likeness (QED) is 0.665. The minimum absolute atomic E-state index is 0.0626. The van der Waals surface area contributed by atoms with Gasteiger partial charge in [0.1, 0.15) is 0 Å². The number of nitrogens with one attached hydrogen (secondary N) is 1. The summed E-state index contributed by atoms with van der Waals surface area (Å²) in [6.45, 7) is -0.175. The lowest BCUT2D eigenvalue weighted by atomic mass is 10.1. The molecule has 1 aromatic rings. The average molecular weight is 332 g/mol. The fraction of sp³-hybridized carbons (Fsp3) is 0.455. The largest absolute Gasteiger partial charge is 0.434 e. The number of rotatable bonds is 5. The van der Waals surface area contributed by atoms with Crippen LogP contribution in [0.4, 0.5) is 26.3 Å². The number of amides is 1. The second-order valence-electron chi connectivity index (χ2n) is 3.82. The normalized spacial score (nSPS) is 12.3. The van der Waals surface area contributed by atoms with Crippen molar-refractivity contribution in [2.45, 2.75) is 12.4 Å². The monoisotopic (exact) mass is 332 g/mol. The number of hydrogen-bond acceptors (Lipinski definition) is 3. The van der Waals surface area contributed by atoms with Crippen LogP contribution >= 0.6 is 11.8 Å². The highest BCUT2D eigenvalue weighted by Crippen LogP contribution is 2.29. The standard InChI is InChI=1S/C11H10F6N2OS/c12-10(13,14)6-21-5-4-19-9(20)7-2-1-3-18-8(7)11(15,16)17/h1-3H,4-6H2,(H,19,20). The molecular formula is C11H10F6N2OS. The molecule has 10 heteroatoms. The van der Waals surface area contributed by atoms with Crippen molar-refractivity contribution in [2.75, 3.05) is 18.1 Å². The van der Waals surface area contributed by atoms with Gasteiger partial charge >= 0.3 is 12.4 Å². The predicted octanol–water partition coefficient (Wildman–Crippen LogP) is 3.13. The molecule has 0 aromatic carbocycles. The summed E-state index contributed by atoms with van der Waals surface area (Å²) in [5, 5.41) is 2.13. The molecule has 0 fully saturated rings. The summed E-state index contributed by atoms with van der Waals surface area (Å²) >= 11 is 0.530. The number of hydrogen-bond donors (Lipinski definition) is 1. The van der Waals surface area contributed by atoms with Gasteiger partial charge < -0.3 is 5.32 Å². The van der Waals surface area contributed by atoms with Crippen molar-refractivity contribution in [3.8, 4) is 0 Å². The molecule has 1 heterocycles. The van der Waals surface area contributed by atoms with E-state index in [1.807, 2.05) is 0 Å². The maximum absolute atomic E-state index is 12.6. The number of aromatic nitrogens is 1. The molecule has 0 saturated heterocycles. The second kappa shape index (κ2) is 7.01. The van der Waals surface area contributed by atoms with Crippen LogP contribution in [0.2, 0.25) is 0 Å². The van der Waals surface area contributed by atoms with Crippen LogP contribution in [0.1, 0.15) is 16.1 Å². The molecule has 0 atom stereocenters. The number of pyridine rings is 1. The van der Waals surface area contributed by atoms with E-state index in [1.54, 1.807) is 0 Å². The number of halogens is 6. The van der Waals surface area contributed by atoms with E-state index < -0.39 is 35.3 Å². The Hall–Kier alpha value is -1.45. The van der Waals surface area contributed by atoms with E-state index in [2.05, 4.69) is 10.3 Å². The van der Waals surface area contributed by atoms with Gasteiger partial charge in [-0.15, -0.1) is 0 Å². The summed E-state index contributed by atoms with van der Waals surface area (Å²) in [4.78, 5) is 14.7. The Labute approximate surface area is 120 Å². The Kier molecular flexibility index (Phi) is 5.87. The molecule has 1 rings (SSSR count). The third kappa shape index (κ3) is 6.23. The van der Waals surface area contributed by atoms with Crippen molar-refractivity contribution >= 4 is 17.7 Å². The van der Waals surface area contributed by atoms with Gasteiger partial charge in [-0.1, -0.05) is 0 Å². The van der Waals surface area contributed by atoms with Gasteiger partial charge in [-0.3, -0.25) is 9.78 Å². The summed E-state index contributed by atoms with van der Waals surface area (Å²) in [5.41, 5.74) is -1.99. The minimum atomic E-state index is -4.78. The first-order valence-corrected chi connectivity index (χ1v) is 6.71. The van der Waals surface area contributed by atoms with Crippen molar-refractivity contribution in [1.82, 2.24) is 10.3 Å². The van der Waals surface area contributed by atoms with E-state index in [-0.39, 0.29) is 12.3 Å². The Bertz CT molecular complexity index is 488. The van der Waals surface area contributed by atoms with Gasteiger partial charge in [0.2, 0.25) is 0 Å². The van der Waals surface area contributed by atoms with Crippen LogP contribution in [0.5, 0.6) is 0 Å². The summed E-state index contributed by atoms with van der Waals surface area (Å²) in [5.74, 6) is -2.17. The molecule has 21 heavy (non-hydrogen) atoms. The molecule has 118 valence electrons. The van der Waals surface area contributed by atoms with Crippen LogP contribution in [0, 0.1) is 0 Å². The van der Waals surface area contributed by atoms with Gasteiger partial charge in [-0.05, 0) is 12.1 Å². The maximum Gasteiger partial charge on any atom is 0.434 e. The smallest absolute Gasteiger partial charge is 0.351 e. The lowest BCUT2D eigenvalue weighted by Crippen LogP contribution is -2.29. The first-order chi connectivity index (χ1) is 9.61. The molecule has 1 aromatic heterocycles. The Morgan fingerprint density at radius 3 is 2.48 bits per heavy atom. The van der Waals surface area contributed by atoms with Crippen molar-refractivity contribution in [3.05, 3.63) is 29.6 Å². The molecule has 1 amide bonds. The lowest BCUT2D eigenvalue weighted by Gasteiger charge is -2.11. The van der Waals surface area contributed by atoms with Crippen LogP contribution in [-0.2, 0) is 6.18 Å². The van der Waals surface area contributed by atoms with E-state index in [9.17, 15) is 31.1 Å². The number of thioether (sulfide) groups is 1. The molecule has 0 unspecified atom stereocenters.